The van der Waals surface area contributed by atoms with Crippen LogP contribution in [0.4, 0.5) is 0 Å². The second-order valence-corrected chi connectivity index (χ2v) is 4.86. The molecule has 0 saturated carbocycles. The van der Waals surface area contributed by atoms with Crippen LogP contribution in [-0.2, 0) is 0 Å². The zero-order valence-corrected chi connectivity index (χ0v) is 9.71. The Bertz CT molecular complexity index is 253. The minimum Gasteiger partial charge on any atom is -0.317 e. The third-order valence-corrected chi connectivity index (χ3v) is 3.09. The van der Waals surface area contributed by atoms with Gasteiger partial charge in [0.15, 0.2) is 0 Å². The van der Waals surface area contributed by atoms with E-state index in [-0.39, 0.29) is 0 Å². The number of aromatic nitrogens is 2. The number of nitrogens with zero attached hydrogens (tertiary/aromatic N) is 2. The molecule has 4 heteroatoms. The van der Waals surface area contributed by atoms with Crippen LogP contribution in [0.2, 0.25) is 0 Å². The molecule has 1 aromatic heterocycles. The summed E-state index contributed by atoms with van der Waals surface area (Å²) in [5, 5.41) is 4.80. The summed E-state index contributed by atoms with van der Waals surface area (Å²) in [5.74, 6) is 0. The molecule has 1 heterocycles. The maximum absolute atomic E-state index is 4.23. The molecule has 1 rings (SSSR count). The van der Waals surface area contributed by atoms with Crippen molar-refractivity contribution in [3.63, 3.8) is 0 Å². The van der Waals surface area contributed by atoms with Crippen LogP contribution in [0, 0.1) is 0 Å². The third-order valence-electron chi connectivity index (χ3n) is 2.04. The van der Waals surface area contributed by atoms with Crippen LogP contribution >= 0.6 is 11.8 Å². The largest absolute Gasteiger partial charge is 0.317 e. The first-order chi connectivity index (χ1) is 6.72. The molecule has 78 valence electrons. The average Bonchev–Trinajstić information content (AvgIpc) is 2.19. The Morgan fingerprint density at radius 2 is 2.21 bits per heavy atom. The van der Waals surface area contributed by atoms with Gasteiger partial charge in [0.25, 0.3) is 0 Å². The van der Waals surface area contributed by atoms with Crippen molar-refractivity contribution in [1.82, 2.24) is 15.3 Å². The molecule has 0 aliphatic heterocycles. The van der Waals surface area contributed by atoms with Crippen molar-refractivity contribution >= 4 is 11.8 Å². The molecular formula is C10H17N3S. The van der Waals surface area contributed by atoms with Crippen molar-refractivity contribution in [2.45, 2.75) is 36.6 Å². The fourth-order valence-electron chi connectivity index (χ4n) is 1.22. The van der Waals surface area contributed by atoms with E-state index in [2.05, 4.69) is 29.1 Å². The predicted molar refractivity (Wildman–Crippen MR) is 60.5 cm³/mol. The number of hydrogen-bond acceptors (Lipinski definition) is 4. The fourth-order valence-corrected chi connectivity index (χ4v) is 2.26. The van der Waals surface area contributed by atoms with Crippen molar-refractivity contribution in [3.8, 4) is 0 Å². The first kappa shape index (κ1) is 11.5. The van der Waals surface area contributed by atoms with Gasteiger partial charge in [-0.3, -0.25) is 4.98 Å². The van der Waals surface area contributed by atoms with Crippen LogP contribution in [-0.4, -0.2) is 28.3 Å². The number of hydrogen-bond donors (Lipinski definition) is 1. The van der Waals surface area contributed by atoms with Gasteiger partial charge in [0.2, 0.25) is 0 Å². The molecule has 2 unspecified atom stereocenters. The van der Waals surface area contributed by atoms with Gasteiger partial charge in [-0.25, -0.2) is 4.98 Å². The maximum atomic E-state index is 4.23. The van der Waals surface area contributed by atoms with E-state index in [0.717, 1.165) is 11.4 Å². The highest BCUT2D eigenvalue weighted by Gasteiger charge is 2.08. The first-order valence-corrected chi connectivity index (χ1v) is 5.70. The topological polar surface area (TPSA) is 37.8 Å². The molecule has 0 spiro atoms. The van der Waals surface area contributed by atoms with Gasteiger partial charge in [0.1, 0.15) is 5.03 Å². The highest BCUT2D eigenvalue weighted by Crippen LogP contribution is 2.22. The summed E-state index contributed by atoms with van der Waals surface area (Å²) >= 11 is 1.77. The van der Waals surface area contributed by atoms with Crippen LogP contribution in [0.3, 0.4) is 0 Å². The predicted octanol–water partition coefficient (Wildman–Crippen LogP) is 1.96. The fraction of sp³-hybridized carbons (Fsp3) is 0.600. The Morgan fingerprint density at radius 3 is 2.79 bits per heavy atom. The van der Waals surface area contributed by atoms with Crippen LogP contribution in [0.1, 0.15) is 20.3 Å². The first-order valence-electron chi connectivity index (χ1n) is 4.82. The molecule has 0 aromatic carbocycles. The van der Waals surface area contributed by atoms with E-state index in [4.69, 9.17) is 0 Å². The molecule has 0 saturated heterocycles. The smallest absolute Gasteiger partial charge is 0.115 e. The third kappa shape index (κ3) is 4.07. The van der Waals surface area contributed by atoms with E-state index >= 15 is 0 Å². The van der Waals surface area contributed by atoms with E-state index in [1.807, 2.05) is 13.2 Å². The molecule has 0 fully saturated rings. The zero-order valence-electron chi connectivity index (χ0n) is 8.90. The standard InChI is InChI=1S/C10H17N3S/c1-8(11-3)6-9(2)14-10-7-12-4-5-13-10/h4-5,7-9,11H,6H2,1-3H3. The quantitative estimate of drug-likeness (QED) is 0.756. The molecule has 0 aliphatic rings. The minimum absolute atomic E-state index is 0.550. The number of thioether (sulfide) groups is 1. The summed E-state index contributed by atoms with van der Waals surface area (Å²) in [7, 11) is 1.99. The normalized spacial score (nSPS) is 15.1. The van der Waals surface area contributed by atoms with Crippen molar-refractivity contribution in [3.05, 3.63) is 18.6 Å². The van der Waals surface area contributed by atoms with E-state index in [9.17, 15) is 0 Å². The lowest BCUT2D eigenvalue weighted by molar-refractivity contribution is 0.564. The lowest BCUT2D eigenvalue weighted by atomic mass is 10.2. The van der Waals surface area contributed by atoms with Gasteiger partial charge < -0.3 is 5.32 Å². The lowest BCUT2D eigenvalue weighted by Crippen LogP contribution is -2.24. The van der Waals surface area contributed by atoms with Crippen LogP contribution in [0.5, 0.6) is 0 Å². The number of rotatable bonds is 5. The molecule has 14 heavy (non-hydrogen) atoms. The van der Waals surface area contributed by atoms with Gasteiger partial charge in [0.05, 0.1) is 6.20 Å². The van der Waals surface area contributed by atoms with Gasteiger partial charge in [-0.15, -0.1) is 11.8 Å². The Hall–Kier alpha value is -0.610. The Balaban J connectivity index is 2.37. The van der Waals surface area contributed by atoms with Crippen molar-refractivity contribution in [2.24, 2.45) is 0 Å². The van der Waals surface area contributed by atoms with Gasteiger partial charge in [0, 0.05) is 23.7 Å². The molecule has 3 nitrogen and oxygen atoms in total. The number of nitrogens with one attached hydrogen (secondary N) is 1. The van der Waals surface area contributed by atoms with E-state index < -0.39 is 0 Å². The van der Waals surface area contributed by atoms with Gasteiger partial charge in [-0.05, 0) is 20.4 Å². The summed E-state index contributed by atoms with van der Waals surface area (Å²) < 4.78 is 0. The molecule has 0 aliphatic carbocycles. The van der Waals surface area contributed by atoms with Crippen LogP contribution < -0.4 is 5.32 Å². The zero-order chi connectivity index (χ0) is 10.4. The van der Waals surface area contributed by atoms with Gasteiger partial charge in [-0.2, -0.15) is 0 Å². The second kappa shape index (κ2) is 5.98. The average molecular weight is 211 g/mol. The van der Waals surface area contributed by atoms with Crippen LogP contribution in [0.25, 0.3) is 0 Å². The Morgan fingerprint density at radius 1 is 1.43 bits per heavy atom. The minimum atomic E-state index is 0.550. The second-order valence-electron chi connectivity index (χ2n) is 3.40. The summed E-state index contributed by atoms with van der Waals surface area (Å²) in [6.07, 6.45) is 6.38. The monoisotopic (exact) mass is 211 g/mol. The van der Waals surface area contributed by atoms with E-state index in [0.29, 0.717) is 11.3 Å². The summed E-state index contributed by atoms with van der Waals surface area (Å²) in [4.78, 5) is 8.27. The highest BCUT2D eigenvalue weighted by molar-refractivity contribution is 7.99. The van der Waals surface area contributed by atoms with E-state index in [1.54, 1.807) is 24.2 Å². The molecule has 2 atom stereocenters. The molecule has 1 aromatic rings. The van der Waals surface area contributed by atoms with Crippen molar-refractivity contribution in [2.75, 3.05) is 7.05 Å². The van der Waals surface area contributed by atoms with Crippen LogP contribution in [0.15, 0.2) is 23.6 Å². The van der Waals surface area contributed by atoms with Crippen molar-refractivity contribution < 1.29 is 0 Å². The molecule has 0 bridgehead atoms. The maximum Gasteiger partial charge on any atom is 0.115 e. The summed E-state index contributed by atoms with van der Waals surface area (Å²) in [6.45, 7) is 4.40. The van der Waals surface area contributed by atoms with E-state index in [1.165, 1.54) is 0 Å². The van der Waals surface area contributed by atoms with Gasteiger partial charge >= 0.3 is 0 Å². The van der Waals surface area contributed by atoms with Crippen molar-refractivity contribution in [1.29, 1.82) is 0 Å². The Kier molecular flexibility index (Phi) is 4.90. The molecule has 1 N–H and O–H groups in total. The lowest BCUT2D eigenvalue weighted by Gasteiger charge is -2.15. The SMILES string of the molecule is CNC(C)CC(C)Sc1cnccn1. The molecular weight excluding hydrogens is 194 g/mol. The van der Waals surface area contributed by atoms with Gasteiger partial charge in [-0.1, -0.05) is 6.92 Å². The molecule has 0 amide bonds. The summed E-state index contributed by atoms with van der Waals surface area (Å²) in [6, 6.07) is 0.550. The summed E-state index contributed by atoms with van der Waals surface area (Å²) in [5.41, 5.74) is 0. The Labute approximate surface area is 89.7 Å². The molecule has 0 radical (unpaired) electrons. The highest BCUT2D eigenvalue weighted by atomic mass is 32.2.